The molecule has 0 aliphatic heterocycles. The molecule has 0 saturated carbocycles. The molecule has 0 spiro atoms. The smallest absolute Gasteiger partial charge is 0.353 e. The summed E-state index contributed by atoms with van der Waals surface area (Å²) in [7, 11) is 0. The monoisotopic (exact) mass is 372 g/mol. The molecule has 1 heterocycles. The molecule has 2 N–H and O–H groups in total. The number of para-hydroxylation sites is 1. The third-order valence-electron chi connectivity index (χ3n) is 3.37. The summed E-state index contributed by atoms with van der Waals surface area (Å²) in [6.07, 6.45) is -4.97. The van der Waals surface area contributed by atoms with Crippen molar-refractivity contribution in [1.82, 2.24) is 4.98 Å². The molecule has 0 saturated heterocycles. The van der Waals surface area contributed by atoms with E-state index in [4.69, 9.17) is 23.2 Å². The van der Waals surface area contributed by atoms with E-state index in [1.54, 1.807) is 30.3 Å². The zero-order valence-corrected chi connectivity index (χ0v) is 13.4. The maximum Gasteiger partial charge on any atom is 0.471 e. The lowest BCUT2D eigenvalue weighted by Gasteiger charge is -2.11. The molecule has 8 heteroatoms. The van der Waals surface area contributed by atoms with E-state index in [9.17, 15) is 18.0 Å². The highest BCUT2D eigenvalue weighted by molar-refractivity contribution is 6.38. The Bertz CT molecular complexity index is 935. The molecule has 3 rings (SSSR count). The van der Waals surface area contributed by atoms with Crippen molar-refractivity contribution in [1.29, 1.82) is 0 Å². The number of carbonyl (C=O) groups is 1. The number of alkyl halides is 3. The Morgan fingerprint density at radius 3 is 2.50 bits per heavy atom. The molecule has 124 valence electrons. The number of anilines is 1. The van der Waals surface area contributed by atoms with Crippen LogP contribution in [0.4, 0.5) is 18.9 Å². The Balaban J connectivity index is 2.07. The zero-order valence-electron chi connectivity index (χ0n) is 11.8. The predicted octanol–water partition coefficient (Wildman–Crippen LogP) is 5.64. The minimum Gasteiger partial charge on any atom is -0.353 e. The molecule has 0 aliphatic carbocycles. The molecule has 0 fully saturated rings. The van der Waals surface area contributed by atoms with E-state index in [-0.39, 0.29) is 5.69 Å². The average molecular weight is 373 g/mol. The second-order valence-corrected chi connectivity index (χ2v) is 5.88. The van der Waals surface area contributed by atoms with Crippen LogP contribution in [0.1, 0.15) is 0 Å². The molecule has 1 amide bonds. The summed E-state index contributed by atoms with van der Waals surface area (Å²) in [6.45, 7) is 0. The SMILES string of the molecule is O=C(Nc1ccccc1-c1cc2cc(Cl)cc(Cl)c2[nH]1)C(F)(F)F. The molecular formula is C16H9Cl2F3N2O. The summed E-state index contributed by atoms with van der Waals surface area (Å²) in [6, 6.07) is 11.1. The van der Waals surface area contributed by atoms with Gasteiger partial charge in [-0.1, -0.05) is 41.4 Å². The fraction of sp³-hybridized carbons (Fsp3) is 0.0625. The molecule has 1 aromatic heterocycles. The zero-order chi connectivity index (χ0) is 17.5. The van der Waals surface area contributed by atoms with Crippen molar-refractivity contribution in [2.75, 3.05) is 5.32 Å². The molecular weight excluding hydrogens is 364 g/mol. The van der Waals surface area contributed by atoms with Crippen LogP contribution < -0.4 is 5.32 Å². The summed E-state index contributed by atoms with van der Waals surface area (Å²) in [4.78, 5) is 14.2. The van der Waals surface area contributed by atoms with Gasteiger partial charge in [-0.05, 0) is 24.3 Å². The molecule has 2 aromatic carbocycles. The van der Waals surface area contributed by atoms with Crippen molar-refractivity contribution < 1.29 is 18.0 Å². The van der Waals surface area contributed by atoms with Crippen molar-refractivity contribution in [3.63, 3.8) is 0 Å². The summed E-state index contributed by atoms with van der Waals surface area (Å²) < 4.78 is 37.4. The van der Waals surface area contributed by atoms with Gasteiger partial charge in [-0.15, -0.1) is 0 Å². The number of carbonyl (C=O) groups excluding carboxylic acids is 1. The van der Waals surface area contributed by atoms with Gasteiger partial charge < -0.3 is 10.3 Å². The average Bonchev–Trinajstić information content (AvgIpc) is 2.90. The summed E-state index contributed by atoms with van der Waals surface area (Å²) >= 11 is 12.1. The first-order valence-electron chi connectivity index (χ1n) is 6.71. The van der Waals surface area contributed by atoms with E-state index in [0.717, 1.165) is 0 Å². The van der Waals surface area contributed by atoms with Crippen molar-refractivity contribution in [2.24, 2.45) is 0 Å². The maximum absolute atomic E-state index is 12.5. The Morgan fingerprint density at radius 1 is 1.08 bits per heavy atom. The number of benzene rings is 2. The molecule has 3 aromatic rings. The molecule has 0 atom stereocenters. The van der Waals surface area contributed by atoms with Crippen molar-refractivity contribution in [3.8, 4) is 11.3 Å². The van der Waals surface area contributed by atoms with Gasteiger partial charge in [-0.2, -0.15) is 13.2 Å². The summed E-state index contributed by atoms with van der Waals surface area (Å²) in [5.74, 6) is -2.04. The van der Waals surface area contributed by atoms with E-state index < -0.39 is 12.1 Å². The fourth-order valence-corrected chi connectivity index (χ4v) is 2.89. The van der Waals surface area contributed by atoms with Crippen LogP contribution in [0.2, 0.25) is 10.0 Å². The number of nitrogens with one attached hydrogen (secondary N) is 2. The van der Waals surface area contributed by atoms with Crippen LogP contribution in [0.15, 0.2) is 42.5 Å². The van der Waals surface area contributed by atoms with Gasteiger partial charge in [0.15, 0.2) is 0 Å². The molecule has 24 heavy (non-hydrogen) atoms. The molecule has 3 nitrogen and oxygen atoms in total. The van der Waals surface area contributed by atoms with Crippen molar-refractivity contribution in [3.05, 3.63) is 52.5 Å². The highest BCUT2D eigenvalue weighted by Crippen LogP contribution is 2.34. The first-order chi connectivity index (χ1) is 11.3. The Hall–Kier alpha value is -2.18. The lowest BCUT2D eigenvalue weighted by molar-refractivity contribution is -0.167. The second kappa shape index (κ2) is 6.03. The highest BCUT2D eigenvalue weighted by atomic mass is 35.5. The fourth-order valence-electron chi connectivity index (χ4n) is 2.33. The third kappa shape index (κ3) is 3.20. The topological polar surface area (TPSA) is 44.9 Å². The van der Waals surface area contributed by atoms with Crippen LogP contribution >= 0.6 is 23.2 Å². The van der Waals surface area contributed by atoms with Crippen LogP contribution in [0.3, 0.4) is 0 Å². The standard InChI is InChI=1S/C16H9Cl2F3N2O/c17-9-5-8-6-13(22-14(8)11(18)7-9)10-3-1-2-4-12(10)23-15(24)16(19,20)21/h1-7,22H,(H,23,24). The van der Waals surface area contributed by atoms with Crippen LogP contribution in [-0.2, 0) is 4.79 Å². The van der Waals surface area contributed by atoms with E-state index in [0.29, 0.717) is 32.2 Å². The van der Waals surface area contributed by atoms with Gasteiger partial charge in [0, 0.05) is 21.7 Å². The molecule has 0 radical (unpaired) electrons. The lowest BCUT2D eigenvalue weighted by atomic mass is 10.1. The Labute approximate surface area is 144 Å². The third-order valence-corrected chi connectivity index (χ3v) is 3.88. The van der Waals surface area contributed by atoms with Crippen LogP contribution in [-0.4, -0.2) is 17.1 Å². The van der Waals surface area contributed by atoms with E-state index in [1.165, 1.54) is 12.1 Å². The quantitative estimate of drug-likeness (QED) is 0.600. The number of fused-ring (bicyclic) bond motifs is 1. The number of hydrogen-bond acceptors (Lipinski definition) is 1. The maximum atomic E-state index is 12.5. The minimum atomic E-state index is -4.97. The normalized spacial score (nSPS) is 11.7. The molecule has 0 bridgehead atoms. The summed E-state index contributed by atoms with van der Waals surface area (Å²) in [5.41, 5.74) is 1.55. The number of H-pyrrole nitrogens is 1. The largest absolute Gasteiger partial charge is 0.471 e. The van der Waals surface area contributed by atoms with Gasteiger partial charge in [0.25, 0.3) is 0 Å². The number of rotatable bonds is 2. The number of aromatic amines is 1. The minimum absolute atomic E-state index is 0.0357. The van der Waals surface area contributed by atoms with E-state index in [1.807, 2.05) is 5.32 Å². The van der Waals surface area contributed by atoms with Crippen molar-refractivity contribution >= 4 is 45.7 Å². The van der Waals surface area contributed by atoms with Gasteiger partial charge in [-0.3, -0.25) is 4.79 Å². The number of aromatic nitrogens is 1. The van der Waals surface area contributed by atoms with Gasteiger partial charge >= 0.3 is 12.1 Å². The van der Waals surface area contributed by atoms with Gasteiger partial charge in [0.05, 0.1) is 16.2 Å². The molecule has 0 unspecified atom stereocenters. The van der Waals surface area contributed by atoms with E-state index in [2.05, 4.69) is 4.98 Å². The van der Waals surface area contributed by atoms with Gasteiger partial charge in [0.2, 0.25) is 0 Å². The van der Waals surface area contributed by atoms with Crippen LogP contribution in [0.25, 0.3) is 22.2 Å². The predicted molar refractivity (Wildman–Crippen MR) is 88.4 cm³/mol. The molecule has 0 aliphatic rings. The van der Waals surface area contributed by atoms with Crippen LogP contribution in [0, 0.1) is 0 Å². The van der Waals surface area contributed by atoms with Gasteiger partial charge in [-0.25, -0.2) is 0 Å². The summed E-state index contributed by atoms with van der Waals surface area (Å²) in [5, 5.41) is 3.41. The first kappa shape index (κ1) is 16.7. The van der Waals surface area contributed by atoms with E-state index >= 15 is 0 Å². The number of halogens is 5. The lowest BCUT2D eigenvalue weighted by Crippen LogP contribution is -2.30. The number of hydrogen-bond donors (Lipinski definition) is 2. The van der Waals surface area contributed by atoms with Crippen molar-refractivity contribution in [2.45, 2.75) is 6.18 Å². The Morgan fingerprint density at radius 2 is 1.79 bits per heavy atom. The van der Waals surface area contributed by atoms with Crippen LogP contribution in [0.5, 0.6) is 0 Å². The second-order valence-electron chi connectivity index (χ2n) is 5.03. The number of amides is 1. The first-order valence-corrected chi connectivity index (χ1v) is 7.46. The Kier molecular flexibility index (Phi) is 4.19. The highest BCUT2D eigenvalue weighted by Gasteiger charge is 2.39. The van der Waals surface area contributed by atoms with Gasteiger partial charge in [0.1, 0.15) is 0 Å².